The summed E-state index contributed by atoms with van der Waals surface area (Å²) < 4.78 is 0. The van der Waals surface area contributed by atoms with Gasteiger partial charge in [-0.25, -0.2) is 4.98 Å². The Labute approximate surface area is 102 Å². The number of thioether (sulfide) groups is 1. The van der Waals surface area contributed by atoms with E-state index >= 15 is 0 Å². The number of nitrogens with zero attached hydrogens (tertiary/aromatic N) is 2. The Bertz CT molecular complexity index is 324. The maximum Gasteiger partial charge on any atom is 0.131 e. The molecule has 0 bridgehead atoms. The Hall–Kier alpha value is -0.900. The molecule has 0 unspecified atom stereocenters. The van der Waals surface area contributed by atoms with Gasteiger partial charge in [-0.2, -0.15) is 11.8 Å². The maximum absolute atomic E-state index is 4.64. The molecule has 4 heteroatoms. The zero-order valence-corrected chi connectivity index (χ0v) is 10.6. The van der Waals surface area contributed by atoms with Crippen LogP contribution >= 0.6 is 11.8 Å². The van der Waals surface area contributed by atoms with Gasteiger partial charge in [-0.15, -0.1) is 0 Å². The van der Waals surface area contributed by atoms with Gasteiger partial charge in [0.1, 0.15) is 11.6 Å². The highest BCUT2D eigenvalue weighted by molar-refractivity contribution is 7.99. The molecule has 1 fully saturated rings. The van der Waals surface area contributed by atoms with Gasteiger partial charge < -0.3 is 10.2 Å². The smallest absolute Gasteiger partial charge is 0.131 e. The van der Waals surface area contributed by atoms with Gasteiger partial charge in [-0.3, -0.25) is 0 Å². The van der Waals surface area contributed by atoms with Crippen molar-refractivity contribution in [3.63, 3.8) is 0 Å². The summed E-state index contributed by atoms with van der Waals surface area (Å²) in [4.78, 5) is 7.01. The van der Waals surface area contributed by atoms with E-state index in [1.807, 2.05) is 17.8 Å². The number of aromatic nitrogens is 1. The third kappa shape index (κ3) is 3.04. The fraction of sp³-hybridized carbons (Fsp3) is 0.583. The molecular weight excluding hydrogens is 218 g/mol. The van der Waals surface area contributed by atoms with Gasteiger partial charge >= 0.3 is 0 Å². The van der Waals surface area contributed by atoms with Gasteiger partial charge in [0.2, 0.25) is 0 Å². The molecular formula is C12H19N3S. The molecule has 3 nitrogen and oxygen atoms in total. The minimum atomic E-state index is 0.992. The number of nitrogens with one attached hydrogen (secondary N) is 1. The molecule has 0 amide bonds. The molecule has 16 heavy (non-hydrogen) atoms. The van der Waals surface area contributed by atoms with Gasteiger partial charge in [0.25, 0.3) is 0 Å². The molecule has 2 heterocycles. The Kier molecular flexibility index (Phi) is 4.34. The summed E-state index contributed by atoms with van der Waals surface area (Å²) >= 11 is 2.03. The van der Waals surface area contributed by atoms with Crippen LogP contribution in [0.5, 0.6) is 0 Å². The molecule has 2 rings (SSSR count). The van der Waals surface area contributed by atoms with Crippen LogP contribution in [0, 0.1) is 0 Å². The number of hydrogen-bond donors (Lipinski definition) is 1. The second-order valence-corrected chi connectivity index (χ2v) is 5.13. The van der Waals surface area contributed by atoms with E-state index in [1.54, 1.807) is 0 Å². The zero-order chi connectivity index (χ0) is 11.2. The largest absolute Gasteiger partial charge is 0.370 e. The first kappa shape index (κ1) is 11.6. The third-order valence-electron chi connectivity index (χ3n) is 2.63. The second-order valence-electron chi connectivity index (χ2n) is 3.91. The van der Waals surface area contributed by atoms with Crippen LogP contribution in [0.25, 0.3) is 0 Å². The molecule has 0 aromatic carbocycles. The van der Waals surface area contributed by atoms with E-state index in [4.69, 9.17) is 0 Å². The quantitative estimate of drug-likeness (QED) is 0.870. The van der Waals surface area contributed by atoms with E-state index in [2.05, 4.69) is 34.3 Å². The normalized spacial score (nSPS) is 16.2. The highest BCUT2D eigenvalue weighted by Gasteiger charge is 2.12. The lowest BCUT2D eigenvalue weighted by molar-refractivity contribution is 0.838. The van der Waals surface area contributed by atoms with Crippen molar-refractivity contribution in [3.8, 4) is 0 Å². The lowest BCUT2D eigenvalue weighted by atomic mass is 10.4. The summed E-state index contributed by atoms with van der Waals surface area (Å²) in [5.41, 5.74) is 0. The van der Waals surface area contributed by atoms with E-state index in [0.29, 0.717) is 0 Å². The summed E-state index contributed by atoms with van der Waals surface area (Å²) in [5.74, 6) is 4.54. The Balaban J connectivity index is 2.02. The van der Waals surface area contributed by atoms with Gasteiger partial charge in [0.05, 0.1) is 0 Å². The standard InChI is InChI=1S/C12H19N3S/c1-2-6-13-11-4-3-5-12(14-11)15-7-9-16-10-8-15/h3-5H,2,6-10H2,1H3,(H,13,14). The SMILES string of the molecule is CCCNc1cccc(N2CCSCC2)n1. The topological polar surface area (TPSA) is 28.2 Å². The summed E-state index contributed by atoms with van der Waals surface area (Å²) in [6, 6.07) is 6.23. The highest BCUT2D eigenvalue weighted by Crippen LogP contribution is 2.18. The zero-order valence-electron chi connectivity index (χ0n) is 9.78. The van der Waals surface area contributed by atoms with Crippen LogP contribution in [-0.4, -0.2) is 36.1 Å². The van der Waals surface area contributed by atoms with Gasteiger partial charge in [-0.05, 0) is 18.6 Å². The summed E-state index contributed by atoms with van der Waals surface area (Å²) in [6.45, 7) is 5.40. The second kappa shape index (κ2) is 5.99. The first-order valence-electron chi connectivity index (χ1n) is 5.94. The Morgan fingerprint density at radius 1 is 1.38 bits per heavy atom. The first-order valence-corrected chi connectivity index (χ1v) is 7.09. The lowest BCUT2D eigenvalue weighted by Crippen LogP contribution is -2.33. The van der Waals surface area contributed by atoms with Crippen molar-refractivity contribution >= 4 is 23.4 Å². The summed E-state index contributed by atoms with van der Waals surface area (Å²) in [7, 11) is 0. The molecule has 88 valence electrons. The third-order valence-corrected chi connectivity index (χ3v) is 3.57. The van der Waals surface area contributed by atoms with Crippen molar-refractivity contribution in [1.29, 1.82) is 0 Å². The van der Waals surface area contributed by atoms with Crippen LogP contribution in [0.3, 0.4) is 0 Å². The molecule has 1 aromatic rings. The Morgan fingerprint density at radius 2 is 2.19 bits per heavy atom. The molecule has 0 spiro atoms. The molecule has 0 saturated carbocycles. The van der Waals surface area contributed by atoms with E-state index in [0.717, 1.165) is 37.7 Å². The van der Waals surface area contributed by atoms with Crippen LogP contribution < -0.4 is 10.2 Å². The predicted octanol–water partition coefficient (Wildman–Crippen LogP) is 2.46. The number of anilines is 2. The summed E-state index contributed by atoms with van der Waals surface area (Å²) in [6.07, 6.45) is 1.13. The fourth-order valence-corrected chi connectivity index (χ4v) is 2.65. The molecule has 0 aliphatic carbocycles. The van der Waals surface area contributed by atoms with Crippen LogP contribution in [0.15, 0.2) is 18.2 Å². The molecule has 1 aliphatic rings. The maximum atomic E-state index is 4.64. The van der Waals surface area contributed by atoms with Crippen molar-refractivity contribution in [2.45, 2.75) is 13.3 Å². The van der Waals surface area contributed by atoms with Gasteiger partial charge in [0, 0.05) is 31.1 Å². The average Bonchev–Trinajstić information content (AvgIpc) is 2.38. The predicted molar refractivity (Wildman–Crippen MR) is 72.6 cm³/mol. The lowest BCUT2D eigenvalue weighted by Gasteiger charge is -2.27. The molecule has 1 aliphatic heterocycles. The van der Waals surface area contributed by atoms with Crippen LogP contribution in [0.4, 0.5) is 11.6 Å². The Morgan fingerprint density at radius 3 is 2.94 bits per heavy atom. The summed E-state index contributed by atoms with van der Waals surface area (Å²) in [5, 5.41) is 3.33. The minimum absolute atomic E-state index is 0.992. The first-order chi connectivity index (χ1) is 7.90. The van der Waals surface area contributed by atoms with Crippen LogP contribution in [0.1, 0.15) is 13.3 Å². The highest BCUT2D eigenvalue weighted by atomic mass is 32.2. The van der Waals surface area contributed by atoms with Crippen LogP contribution in [-0.2, 0) is 0 Å². The van der Waals surface area contributed by atoms with Crippen molar-refractivity contribution in [3.05, 3.63) is 18.2 Å². The van der Waals surface area contributed by atoms with E-state index in [-0.39, 0.29) is 0 Å². The van der Waals surface area contributed by atoms with Crippen molar-refractivity contribution in [2.24, 2.45) is 0 Å². The van der Waals surface area contributed by atoms with Crippen LogP contribution in [0.2, 0.25) is 0 Å². The van der Waals surface area contributed by atoms with Crippen molar-refractivity contribution in [2.75, 3.05) is 41.4 Å². The van der Waals surface area contributed by atoms with E-state index in [9.17, 15) is 0 Å². The number of hydrogen-bond acceptors (Lipinski definition) is 4. The number of rotatable bonds is 4. The van der Waals surface area contributed by atoms with Gasteiger partial charge in [0.15, 0.2) is 0 Å². The fourth-order valence-electron chi connectivity index (χ4n) is 1.74. The molecule has 1 saturated heterocycles. The number of pyridine rings is 1. The molecule has 1 N–H and O–H groups in total. The minimum Gasteiger partial charge on any atom is -0.370 e. The van der Waals surface area contributed by atoms with Gasteiger partial charge in [-0.1, -0.05) is 13.0 Å². The van der Waals surface area contributed by atoms with E-state index in [1.165, 1.54) is 11.5 Å². The molecule has 0 atom stereocenters. The average molecular weight is 237 g/mol. The molecule has 0 radical (unpaired) electrons. The monoisotopic (exact) mass is 237 g/mol. The van der Waals surface area contributed by atoms with E-state index < -0.39 is 0 Å². The van der Waals surface area contributed by atoms with Crippen molar-refractivity contribution in [1.82, 2.24) is 4.98 Å². The molecule has 1 aromatic heterocycles. The van der Waals surface area contributed by atoms with Crippen molar-refractivity contribution < 1.29 is 0 Å².